The summed E-state index contributed by atoms with van der Waals surface area (Å²) in [6.45, 7) is 2.17. The molecule has 0 saturated carbocycles. The molecule has 0 fully saturated rings. The van der Waals surface area contributed by atoms with E-state index in [1.807, 2.05) is 6.07 Å². The predicted molar refractivity (Wildman–Crippen MR) is 91.7 cm³/mol. The molecule has 0 amide bonds. The topological polar surface area (TPSA) is 114 Å². The molecule has 0 radical (unpaired) electrons. The zero-order chi connectivity index (χ0) is 24.8. The van der Waals surface area contributed by atoms with Gasteiger partial charge in [-0.05, 0) is 24.5 Å². The molecule has 6 nitrogen and oxygen atoms in total. The average molecular weight is 607 g/mol. The van der Waals surface area contributed by atoms with Crippen molar-refractivity contribution in [2.75, 3.05) is 0 Å². The molecule has 1 rings (SSSR count). The van der Waals surface area contributed by atoms with Crippen LogP contribution < -0.4 is 21.2 Å². The first-order chi connectivity index (χ1) is 13.9. The molecule has 0 bridgehead atoms. The second kappa shape index (κ2) is 14.5. The maximum Gasteiger partial charge on any atom is 0.485 e. The van der Waals surface area contributed by atoms with E-state index in [1.165, 1.54) is 16.4 Å². The molecule has 176 valence electrons. The molecule has 15 heteroatoms. The molecule has 31 heavy (non-hydrogen) atoms. The van der Waals surface area contributed by atoms with E-state index in [1.54, 1.807) is 0 Å². The van der Waals surface area contributed by atoms with E-state index in [2.05, 4.69) is 52.9 Å². The maximum absolute atomic E-state index is 10.7. The van der Waals surface area contributed by atoms with Crippen molar-refractivity contribution in [3.05, 3.63) is 33.9 Å². The summed E-state index contributed by atoms with van der Waals surface area (Å²) in [5.74, 6) is 8.90. The molecule has 0 aliphatic rings. The Balaban J connectivity index is 0. The van der Waals surface area contributed by atoms with Gasteiger partial charge < -0.3 is 9.11 Å². The summed E-state index contributed by atoms with van der Waals surface area (Å²) in [6, 6.07) is 10.4. The van der Waals surface area contributed by atoms with Gasteiger partial charge >= 0.3 is 32.2 Å². The third-order valence-electron chi connectivity index (χ3n) is 2.31. The predicted octanol–water partition coefficient (Wildman–Crippen LogP) is 0.203. The van der Waals surface area contributed by atoms with Gasteiger partial charge in [0, 0.05) is 12.3 Å². The van der Waals surface area contributed by atoms with Crippen LogP contribution in [-0.2, 0) is 20.2 Å². The SMILES string of the molecule is CCCCC#CC#C[I+]c1ccccc1.O=S(=O)([O-])C(F)(F)F.O=S(=O)([O-])C(F)(F)F. The quantitative estimate of drug-likeness (QED) is 0.121. The van der Waals surface area contributed by atoms with Crippen LogP contribution in [0.5, 0.6) is 0 Å². The minimum Gasteiger partial charge on any atom is -0.741 e. The van der Waals surface area contributed by atoms with E-state index in [-0.39, 0.29) is 21.2 Å². The Hall–Kier alpha value is -1.53. The Morgan fingerprint density at radius 2 is 1.29 bits per heavy atom. The van der Waals surface area contributed by atoms with Crippen LogP contribution in [-0.4, -0.2) is 37.0 Å². The molecule has 0 heterocycles. The number of hydrogen-bond donors (Lipinski definition) is 0. The van der Waals surface area contributed by atoms with Gasteiger partial charge in [0.2, 0.25) is 7.50 Å². The first-order valence-electron chi connectivity index (χ1n) is 7.64. The Morgan fingerprint density at radius 3 is 1.65 bits per heavy atom. The summed E-state index contributed by atoms with van der Waals surface area (Å²) in [5.41, 5.74) is -11.3. The number of unbranched alkanes of at least 4 members (excludes halogenated alkanes) is 2. The van der Waals surface area contributed by atoms with Crippen molar-refractivity contribution in [1.29, 1.82) is 0 Å². The van der Waals surface area contributed by atoms with Crippen LogP contribution >= 0.6 is 0 Å². The maximum atomic E-state index is 10.7. The van der Waals surface area contributed by atoms with Crippen molar-refractivity contribution in [1.82, 2.24) is 0 Å². The summed E-state index contributed by atoms with van der Waals surface area (Å²) in [4.78, 5) is 0. The lowest BCUT2D eigenvalue weighted by molar-refractivity contribution is -0.535. The smallest absolute Gasteiger partial charge is 0.485 e. The Morgan fingerprint density at radius 1 is 0.871 bits per heavy atom. The first kappa shape index (κ1) is 31.7. The molecule has 0 atom stereocenters. The van der Waals surface area contributed by atoms with Gasteiger partial charge in [-0.25, -0.2) is 16.8 Å². The van der Waals surface area contributed by atoms with Crippen LogP contribution in [0.25, 0.3) is 0 Å². The lowest BCUT2D eigenvalue weighted by Gasteiger charge is -2.08. The normalized spacial score (nSPS) is 11.3. The number of rotatable bonds is 3. The number of halogens is 7. The van der Waals surface area contributed by atoms with E-state index in [0.717, 1.165) is 6.42 Å². The number of benzene rings is 1. The van der Waals surface area contributed by atoms with Gasteiger partial charge in [-0.15, -0.1) is 0 Å². The molecular weight excluding hydrogens is 593 g/mol. The lowest BCUT2D eigenvalue weighted by atomic mass is 10.2. The van der Waals surface area contributed by atoms with Crippen LogP contribution in [0.2, 0.25) is 0 Å². The third kappa shape index (κ3) is 17.8. The molecule has 0 aliphatic carbocycles. The van der Waals surface area contributed by atoms with Gasteiger partial charge in [0.05, 0.1) is 0 Å². The minimum absolute atomic E-state index is 0.163. The second-order valence-corrected chi connectivity index (χ2v) is 9.88. The van der Waals surface area contributed by atoms with Crippen LogP contribution in [0.1, 0.15) is 26.2 Å². The van der Waals surface area contributed by atoms with E-state index < -0.39 is 31.3 Å². The highest BCUT2D eigenvalue weighted by atomic mass is 127. The number of alkyl halides is 6. The largest absolute Gasteiger partial charge is 0.741 e. The van der Waals surface area contributed by atoms with E-state index in [4.69, 9.17) is 25.9 Å². The molecule has 0 N–H and O–H groups in total. The van der Waals surface area contributed by atoms with Crippen LogP contribution in [0.4, 0.5) is 26.3 Å². The van der Waals surface area contributed by atoms with Gasteiger partial charge in [0.25, 0.3) is 0 Å². The van der Waals surface area contributed by atoms with E-state index in [9.17, 15) is 26.3 Å². The molecule has 0 saturated heterocycles. The molecule has 0 aromatic heterocycles. The Labute approximate surface area is 186 Å². The average Bonchev–Trinajstić information content (AvgIpc) is 2.59. The monoisotopic (exact) mass is 607 g/mol. The zero-order valence-electron chi connectivity index (χ0n) is 15.4. The van der Waals surface area contributed by atoms with Crippen molar-refractivity contribution in [3.8, 4) is 21.7 Å². The molecule has 1 aromatic carbocycles. The fraction of sp³-hybridized carbons (Fsp3) is 0.375. The summed E-state index contributed by atoms with van der Waals surface area (Å²) in [6.07, 6.45) is 3.37. The minimum atomic E-state index is -6.09. The van der Waals surface area contributed by atoms with Crippen molar-refractivity contribution in [3.63, 3.8) is 0 Å². The molecule has 0 spiro atoms. The molecular formula is C16H14F6IO6S2-. The summed E-state index contributed by atoms with van der Waals surface area (Å²) in [5, 5.41) is 0. The molecule has 0 aliphatic heterocycles. The summed E-state index contributed by atoms with van der Waals surface area (Å²) >= 11 is -0.163. The number of hydrogen-bond acceptors (Lipinski definition) is 6. The fourth-order valence-electron chi connectivity index (χ4n) is 0.951. The molecule has 0 unspecified atom stereocenters. The lowest BCUT2D eigenvalue weighted by Crippen LogP contribution is -3.59. The van der Waals surface area contributed by atoms with E-state index in [0.29, 0.717) is 0 Å². The Bertz CT molecular complexity index is 941. The van der Waals surface area contributed by atoms with Crippen LogP contribution in [0, 0.1) is 25.3 Å². The van der Waals surface area contributed by atoms with Gasteiger partial charge in [-0.3, -0.25) is 0 Å². The highest BCUT2D eigenvalue weighted by Gasteiger charge is 2.37. The van der Waals surface area contributed by atoms with Crippen molar-refractivity contribution in [2.45, 2.75) is 37.2 Å². The zero-order valence-corrected chi connectivity index (χ0v) is 19.2. The fourth-order valence-corrected chi connectivity index (χ4v) is 2.31. The van der Waals surface area contributed by atoms with Crippen LogP contribution in [0.3, 0.4) is 0 Å². The summed E-state index contributed by atoms with van der Waals surface area (Å²) < 4.78 is 122. The van der Waals surface area contributed by atoms with Crippen molar-refractivity contribution >= 4 is 20.2 Å². The van der Waals surface area contributed by atoms with Gasteiger partial charge in [0.1, 0.15) is 0 Å². The van der Waals surface area contributed by atoms with E-state index >= 15 is 0 Å². The van der Waals surface area contributed by atoms with Gasteiger partial charge in [-0.1, -0.05) is 37.5 Å². The highest BCUT2D eigenvalue weighted by molar-refractivity contribution is 7.86. The third-order valence-corrected chi connectivity index (χ3v) is 5.33. The van der Waals surface area contributed by atoms with Crippen molar-refractivity contribution < 1.29 is 73.5 Å². The molecule has 1 aromatic rings. The van der Waals surface area contributed by atoms with Gasteiger partial charge in [0.15, 0.2) is 20.2 Å². The second-order valence-electron chi connectivity index (χ2n) is 4.81. The van der Waals surface area contributed by atoms with Crippen LogP contribution in [0.15, 0.2) is 30.3 Å². The standard InChI is InChI=1S/C14H14I.2CHF3O3S/c1-2-3-4-5-6-10-13-15-14-11-8-7-9-12-14;2*2-1(3,4)8(5,6)7/h7-9,11-12H,2-4H2,1H3;2*(H,5,6,7)/q+1;;/p-2. The van der Waals surface area contributed by atoms with Gasteiger partial charge in [-0.2, -0.15) is 26.3 Å². The Kier molecular flexibility index (Phi) is 14.8. The summed E-state index contributed by atoms with van der Waals surface area (Å²) in [7, 11) is -12.2. The highest BCUT2D eigenvalue weighted by Crippen LogP contribution is 2.21. The van der Waals surface area contributed by atoms with Crippen molar-refractivity contribution in [2.24, 2.45) is 0 Å². The first-order valence-corrected chi connectivity index (χ1v) is 12.6.